The van der Waals surface area contributed by atoms with E-state index in [1.54, 1.807) is 13.8 Å². The second-order valence-electron chi connectivity index (χ2n) is 6.96. The molecule has 8 nitrogen and oxygen atoms in total. The number of hydrogen-bond donors (Lipinski definition) is 3. The van der Waals surface area contributed by atoms with Crippen LogP contribution in [0.1, 0.15) is 39.7 Å². The fraction of sp³-hybridized carbons (Fsp3) is 0.550. The molecule has 158 valence electrons. The van der Waals surface area contributed by atoms with Crippen molar-refractivity contribution in [3.05, 3.63) is 41.6 Å². The fourth-order valence-corrected chi connectivity index (χ4v) is 2.38. The van der Waals surface area contributed by atoms with Crippen molar-refractivity contribution in [2.45, 2.75) is 52.8 Å². The molecule has 2 atom stereocenters. The molecule has 1 rings (SSSR count). The zero-order valence-corrected chi connectivity index (χ0v) is 17.2. The van der Waals surface area contributed by atoms with Gasteiger partial charge in [-0.15, -0.1) is 0 Å². The number of carboxylic acids is 1. The maximum atomic E-state index is 12.5. The van der Waals surface area contributed by atoms with Crippen LogP contribution in [0.3, 0.4) is 0 Å². The second kappa shape index (κ2) is 13.5. The normalized spacial score (nSPS) is 12.4. The molecule has 0 fully saturated rings. The molecular formula is C20H32N3O5-. The highest BCUT2D eigenvalue weighted by Gasteiger charge is 2.29. The number of carbonyl (C=O) groups excluding carboxylic acids is 2. The summed E-state index contributed by atoms with van der Waals surface area (Å²) in [6.45, 7) is 7.32. The van der Waals surface area contributed by atoms with Gasteiger partial charge in [-0.3, -0.25) is 4.79 Å². The van der Waals surface area contributed by atoms with E-state index in [1.165, 1.54) is 7.05 Å². The van der Waals surface area contributed by atoms with Gasteiger partial charge in [-0.1, -0.05) is 58.0 Å². The molecular weight excluding hydrogens is 362 g/mol. The summed E-state index contributed by atoms with van der Waals surface area (Å²) in [6, 6.07) is 7.31. The van der Waals surface area contributed by atoms with Crippen molar-refractivity contribution in [3.8, 4) is 0 Å². The molecule has 8 heteroatoms. The van der Waals surface area contributed by atoms with Crippen LogP contribution in [0, 0.1) is 11.8 Å². The largest absolute Gasteiger partial charge is 0.680 e. The highest BCUT2D eigenvalue weighted by molar-refractivity contribution is 5.89. The maximum absolute atomic E-state index is 12.5. The minimum absolute atomic E-state index is 0.0897. The fourth-order valence-electron chi connectivity index (χ4n) is 2.38. The van der Waals surface area contributed by atoms with Gasteiger partial charge in [0.05, 0.1) is 0 Å². The van der Waals surface area contributed by atoms with Gasteiger partial charge in [0.15, 0.2) is 0 Å². The number of carbonyl (C=O) groups is 3. The molecule has 0 spiro atoms. The smallest absolute Gasteiger partial charge is 0.408 e. The minimum atomic E-state index is -1.11. The lowest BCUT2D eigenvalue weighted by Crippen LogP contribution is -2.53. The number of rotatable bonds is 9. The molecule has 0 radical (unpaired) electrons. The molecule has 0 saturated heterocycles. The van der Waals surface area contributed by atoms with Gasteiger partial charge in [0.1, 0.15) is 18.7 Å². The lowest BCUT2D eigenvalue weighted by atomic mass is 10.0. The van der Waals surface area contributed by atoms with Crippen molar-refractivity contribution in [2.24, 2.45) is 11.8 Å². The van der Waals surface area contributed by atoms with E-state index in [-0.39, 0.29) is 18.4 Å². The molecule has 0 aliphatic heterocycles. The molecule has 4 N–H and O–H groups in total. The standard InChI is InChI=1S/C19H28N2O5.CH4N/c1-12(2)10-15(17(22)21-16(13(3)4)18(23)24)20-19(25)26-11-14-8-6-5-7-9-14;1-2/h5-9,12-13,15-16H,10-11H2,1-4H3,(H,20,25)(H,21,22)(H,23,24);2H,1H3/q;-1/t15-,16-;/m0./s1. The first-order valence-corrected chi connectivity index (χ1v) is 9.21. The van der Waals surface area contributed by atoms with E-state index in [1.807, 2.05) is 44.2 Å². The van der Waals surface area contributed by atoms with Crippen molar-refractivity contribution in [3.63, 3.8) is 0 Å². The highest BCUT2D eigenvalue weighted by Crippen LogP contribution is 2.09. The lowest BCUT2D eigenvalue weighted by Gasteiger charge is -2.24. The van der Waals surface area contributed by atoms with Gasteiger partial charge in [-0.25, -0.2) is 9.59 Å². The van der Waals surface area contributed by atoms with Crippen molar-refractivity contribution in [1.82, 2.24) is 10.6 Å². The Morgan fingerprint density at radius 1 is 1.04 bits per heavy atom. The van der Waals surface area contributed by atoms with Crippen LogP contribution in [0.25, 0.3) is 5.73 Å². The van der Waals surface area contributed by atoms with Gasteiger partial charge in [-0.05, 0) is 23.8 Å². The van der Waals surface area contributed by atoms with E-state index in [0.717, 1.165) is 5.56 Å². The first-order chi connectivity index (χ1) is 13.2. The molecule has 0 saturated carbocycles. The lowest BCUT2D eigenvalue weighted by molar-refractivity contribution is -0.143. The van der Waals surface area contributed by atoms with E-state index in [2.05, 4.69) is 10.6 Å². The van der Waals surface area contributed by atoms with Crippen LogP contribution in [0.5, 0.6) is 0 Å². The van der Waals surface area contributed by atoms with Crippen LogP contribution in [-0.4, -0.2) is 42.2 Å². The predicted octanol–water partition coefficient (Wildman–Crippen LogP) is 3.22. The summed E-state index contributed by atoms with van der Waals surface area (Å²) in [5.74, 6) is -1.79. The minimum Gasteiger partial charge on any atom is -0.680 e. The van der Waals surface area contributed by atoms with Crippen molar-refractivity contribution in [2.75, 3.05) is 7.05 Å². The third-order valence-corrected chi connectivity index (χ3v) is 3.76. The Morgan fingerprint density at radius 3 is 2.07 bits per heavy atom. The summed E-state index contributed by atoms with van der Waals surface area (Å²) >= 11 is 0. The average molecular weight is 394 g/mol. The molecule has 1 aromatic carbocycles. The molecule has 28 heavy (non-hydrogen) atoms. The molecule has 0 aromatic heterocycles. The predicted molar refractivity (Wildman–Crippen MR) is 108 cm³/mol. The van der Waals surface area contributed by atoms with E-state index in [4.69, 9.17) is 10.5 Å². The zero-order valence-electron chi connectivity index (χ0n) is 17.2. The molecule has 0 aliphatic carbocycles. The number of carboxylic acid groups (broad SMARTS) is 1. The Morgan fingerprint density at radius 2 is 1.61 bits per heavy atom. The Balaban J connectivity index is 0.00000352. The summed E-state index contributed by atoms with van der Waals surface area (Å²) in [5.41, 5.74) is 6.58. The summed E-state index contributed by atoms with van der Waals surface area (Å²) in [6.07, 6.45) is -0.345. The number of alkyl carbamates (subject to hydrolysis) is 1. The zero-order chi connectivity index (χ0) is 21.7. The average Bonchev–Trinajstić information content (AvgIpc) is 2.65. The Hall–Kier alpha value is -2.61. The quantitative estimate of drug-likeness (QED) is 0.592. The van der Waals surface area contributed by atoms with Gasteiger partial charge in [-0.2, -0.15) is 7.05 Å². The van der Waals surface area contributed by atoms with Gasteiger partial charge in [0.2, 0.25) is 5.91 Å². The van der Waals surface area contributed by atoms with Gasteiger partial charge in [0, 0.05) is 0 Å². The third-order valence-electron chi connectivity index (χ3n) is 3.76. The molecule has 0 heterocycles. The Labute approximate surface area is 166 Å². The number of hydrogen-bond acceptors (Lipinski definition) is 4. The molecule has 2 amide bonds. The number of nitrogens with one attached hydrogen (secondary N) is 3. The Kier molecular flexibility index (Phi) is 12.3. The van der Waals surface area contributed by atoms with Gasteiger partial charge in [0.25, 0.3) is 0 Å². The van der Waals surface area contributed by atoms with Gasteiger partial charge >= 0.3 is 12.1 Å². The molecule has 0 bridgehead atoms. The van der Waals surface area contributed by atoms with Crippen molar-refractivity contribution >= 4 is 18.0 Å². The molecule has 0 unspecified atom stereocenters. The molecule has 1 aromatic rings. The number of aliphatic carboxylic acids is 1. The number of benzene rings is 1. The topological polar surface area (TPSA) is 129 Å². The third kappa shape index (κ3) is 9.91. The first kappa shape index (κ1) is 25.4. The SMILES string of the molecule is CC(C)C[C@H](NC(=O)OCc1ccccc1)C(=O)N[C@H](C(=O)O)C(C)C.C[NH-]. The van der Waals surface area contributed by atoms with Crippen molar-refractivity contribution in [1.29, 1.82) is 0 Å². The highest BCUT2D eigenvalue weighted by atomic mass is 16.5. The summed E-state index contributed by atoms with van der Waals surface area (Å²) < 4.78 is 5.14. The Bertz CT molecular complexity index is 605. The maximum Gasteiger partial charge on any atom is 0.408 e. The summed E-state index contributed by atoms with van der Waals surface area (Å²) in [4.78, 5) is 35.8. The van der Waals surface area contributed by atoms with Crippen LogP contribution in [0.4, 0.5) is 4.79 Å². The van der Waals surface area contributed by atoms with Crippen molar-refractivity contribution < 1.29 is 24.2 Å². The van der Waals surface area contributed by atoms with Gasteiger partial charge < -0.3 is 26.2 Å². The number of ether oxygens (including phenoxy) is 1. The monoisotopic (exact) mass is 394 g/mol. The van der Waals surface area contributed by atoms with Crippen LogP contribution in [0.15, 0.2) is 30.3 Å². The number of amides is 2. The van der Waals surface area contributed by atoms with E-state index < -0.39 is 30.1 Å². The molecule has 0 aliphatic rings. The van der Waals surface area contributed by atoms with Crippen LogP contribution in [-0.2, 0) is 20.9 Å². The summed E-state index contributed by atoms with van der Waals surface area (Å²) in [5, 5.41) is 14.2. The van der Waals surface area contributed by atoms with Crippen LogP contribution >= 0.6 is 0 Å². The van der Waals surface area contributed by atoms with E-state index >= 15 is 0 Å². The van der Waals surface area contributed by atoms with E-state index in [0.29, 0.717) is 6.42 Å². The first-order valence-electron chi connectivity index (χ1n) is 9.21. The van der Waals surface area contributed by atoms with E-state index in [9.17, 15) is 19.5 Å². The van der Waals surface area contributed by atoms with Crippen LogP contribution < -0.4 is 10.6 Å². The van der Waals surface area contributed by atoms with Crippen LogP contribution in [0.2, 0.25) is 0 Å². The summed E-state index contributed by atoms with van der Waals surface area (Å²) in [7, 11) is 1.25. The second-order valence-corrected chi connectivity index (χ2v) is 6.96.